The molecule has 1 amide bonds. The summed E-state index contributed by atoms with van der Waals surface area (Å²) in [4.78, 5) is 18.5. The van der Waals surface area contributed by atoms with Crippen LogP contribution in [0.15, 0.2) is 77.3 Å². The van der Waals surface area contributed by atoms with Gasteiger partial charge in [-0.25, -0.2) is 0 Å². The normalized spacial score (nSPS) is 16.9. The van der Waals surface area contributed by atoms with Crippen molar-refractivity contribution < 1.29 is 13.9 Å². The van der Waals surface area contributed by atoms with Crippen LogP contribution in [-0.2, 0) is 9.53 Å². The lowest BCUT2D eigenvalue weighted by Gasteiger charge is -2.26. The van der Waals surface area contributed by atoms with Gasteiger partial charge >= 0.3 is 0 Å². The zero-order chi connectivity index (χ0) is 26.8. The molecule has 10 heteroatoms. The quantitative estimate of drug-likeness (QED) is 0.240. The first kappa shape index (κ1) is 26.2. The van der Waals surface area contributed by atoms with E-state index in [4.69, 9.17) is 44.6 Å². The molecule has 1 aliphatic rings. The molecule has 3 heterocycles. The number of amides is 1. The van der Waals surface area contributed by atoms with Gasteiger partial charge in [0.2, 0.25) is 5.91 Å². The Bertz CT molecular complexity index is 1490. The third-order valence-corrected chi connectivity index (χ3v) is 7.12. The van der Waals surface area contributed by atoms with E-state index < -0.39 is 0 Å². The fourth-order valence-electron chi connectivity index (χ4n) is 4.51. The van der Waals surface area contributed by atoms with E-state index in [0.717, 1.165) is 22.5 Å². The van der Waals surface area contributed by atoms with Crippen molar-refractivity contribution in [3.05, 3.63) is 100.0 Å². The summed E-state index contributed by atoms with van der Waals surface area (Å²) in [5.41, 5.74) is 3.99. The molecule has 5 rings (SSSR count). The van der Waals surface area contributed by atoms with Gasteiger partial charge in [-0.3, -0.25) is 9.78 Å². The van der Waals surface area contributed by atoms with Gasteiger partial charge in [0.15, 0.2) is 5.11 Å². The number of aryl methyl sites for hydroxylation is 1. The minimum atomic E-state index is -0.365. The number of benzene rings is 2. The summed E-state index contributed by atoms with van der Waals surface area (Å²) < 4.78 is 11.3. The maximum absolute atomic E-state index is 12.0. The van der Waals surface area contributed by atoms with Crippen LogP contribution in [0.3, 0.4) is 0 Å². The fraction of sp³-hybridized carbons (Fsp3) is 0.179. The van der Waals surface area contributed by atoms with Gasteiger partial charge < -0.3 is 24.7 Å². The number of carbonyl (C=O) groups excluding carboxylic acids is 1. The highest BCUT2D eigenvalue weighted by molar-refractivity contribution is 7.80. The van der Waals surface area contributed by atoms with Crippen molar-refractivity contribution in [3.63, 3.8) is 0 Å². The number of rotatable bonds is 7. The summed E-state index contributed by atoms with van der Waals surface area (Å²) in [5.74, 6) is 1.09. The molecule has 0 bridgehead atoms. The molecular weight excluding hydrogens is 543 g/mol. The highest BCUT2D eigenvalue weighted by Gasteiger charge is 2.42. The Morgan fingerprint density at radius 2 is 2.00 bits per heavy atom. The molecular formula is C28H24Cl2N4O3S. The van der Waals surface area contributed by atoms with E-state index in [9.17, 15) is 4.79 Å². The second-order valence-corrected chi connectivity index (χ2v) is 10.0. The maximum Gasteiger partial charge on any atom is 0.250 e. The molecule has 1 fully saturated rings. The number of furan rings is 1. The van der Waals surface area contributed by atoms with Gasteiger partial charge in [0.25, 0.3) is 0 Å². The topological polar surface area (TPSA) is 79.6 Å². The number of nitrogens with one attached hydrogen (secondary N) is 2. The maximum atomic E-state index is 12.0. The molecule has 0 saturated carbocycles. The van der Waals surface area contributed by atoms with E-state index in [1.807, 2.05) is 66.4 Å². The average Bonchev–Trinajstić information content (AvgIpc) is 3.52. The van der Waals surface area contributed by atoms with E-state index >= 15 is 0 Å². The Hall–Kier alpha value is -3.43. The number of nitrogens with zero attached hydrogens (tertiary/aromatic N) is 2. The van der Waals surface area contributed by atoms with Crippen molar-refractivity contribution >= 4 is 57.8 Å². The second-order valence-electron chi connectivity index (χ2n) is 8.80. The minimum Gasteiger partial charge on any atom is -0.459 e. The lowest BCUT2D eigenvalue weighted by molar-refractivity contribution is -0.119. The van der Waals surface area contributed by atoms with Crippen molar-refractivity contribution in [1.82, 2.24) is 10.3 Å². The Labute approximate surface area is 235 Å². The lowest BCUT2D eigenvalue weighted by Crippen LogP contribution is -2.29. The number of thiocarbonyl (C=S) groups is 1. The Morgan fingerprint density at radius 3 is 2.74 bits per heavy atom. The molecule has 38 heavy (non-hydrogen) atoms. The number of ether oxygens (including phenoxy) is 1. The van der Waals surface area contributed by atoms with Crippen LogP contribution in [0.25, 0.3) is 11.3 Å². The molecule has 0 aliphatic carbocycles. The van der Waals surface area contributed by atoms with Crippen molar-refractivity contribution in [3.8, 4) is 11.3 Å². The van der Waals surface area contributed by atoms with E-state index in [-0.39, 0.29) is 24.6 Å². The molecule has 4 aromatic rings. The molecule has 2 N–H and O–H groups in total. The Balaban J connectivity index is 1.55. The summed E-state index contributed by atoms with van der Waals surface area (Å²) in [6, 6.07) is 20.0. The molecule has 0 unspecified atom stereocenters. The number of halogens is 2. The molecule has 2 aromatic carbocycles. The number of hydrogen-bond donors (Lipinski definition) is 2. The molecule has 1 aliphatic heterocycles. The summed E-state index contributed by atoms with van der Waals surface area (Å²) in [5, 5.41) is 7.64. The number of hydrogen-bond acceptors (Lipinski definition) is 5. The summed E-state index contributed by atoms with van der Waals surface area (Å²) >= 11 is 18.6. The number of methoxy groups -OCH3 is 1. The molecule has 0 spiro atoms. The average molecular weight is 567 g/mol. The first-order chi connectivity index (χ1) is 18.4. The lowest BCUT2D eigenvalue weighted by atomic mass is 10.0. The predicted octanol–water partition coefficient (Wildman–Crippen LogP) is 6.72. The minimum absolute atomic E-state index is 0.0705. The highest BCUT2D eigenvalue weighted by Crippen LogP contribution is 2.44. The van der Waals surface area contributed by atoms with Crippen LogP contribution in [0.1, 0.15) is 29.1 Å². The fourth-order valence-corrected chi connectivity index (χ4v) is 5.25. The van der Waals surface area contributed by atoms with Crippen molar-refractivity contribution in [1.29, 1.82) is 0 Å². The van der Waals surface area contributed by atoms with Crippen molar-refractivity contribution in [2.45, 2.75) is 19.0 Å². The SMILES string of the molecule is COCC(=O)Nc1ccc(N2C(=S)N[C@H](c3ccccn3)[C@@H]2c2ccc(-c3cc(Cl)ccc3C)o2)cc1Cl. The molecule has 194 valence electrons. The van der Waals surface area contributed by atoms with Gasteiger partial charge in [-0.15, -0.1) is 0 Å². The van der Waals surface area contributed by atoms with Crippen molar-refractivity contribution in [2.75, 3.05) is 23.9 Å². The van der Waals surface area contributed by atoms with Crippen LogP contribution in [0.2, 0.25) is 10.0 Å². The van der Waals surface area contributed by atoms with E-state index in [2.05, 4.69) is 15.6 Å². The summed E-state index contributed by atoms with van der Waals surface area (Å²) in [7, 11) is 1.46. The predicted molar refractivity (Wildman–Crippen MR) is 154 cm³/mol. The number of anilines is 2. The number of aromatic nitrogens is 1. The Kier molecular flexibility index (Phi) is 7.67. The summed E-state index contributed by atoms with van der Waals surface area (Å²) in [6.07, 6.45) is 1.75. The molecule has 2 aromatic heterocycles. The van der Waals surface area contributed by atoms with E-state index in [1.165, 1.54) is 7.11 Å². The summed E-state index contributed by atoms with van der Waals surface area (Å²) in [6.45, 7) is 1.94. The monoisotopic (exact) mass is 566 g/mol. The number of carbonyl (C=O) groups is 1. The third kappa shape index (κ3) is 5.26. The van der Waals surface area contributed by atoms with Crippen LogP contribution in [0.5, 0.6) is 0 Å². The largest absolute Gasteiger partial charge is 0.459 e. The first-order valence-corrected chi connectivity index (χ1v) is 13.0. The van der Waals surface area contributed by atoms with Gasteiger partial charge in [0.1, 0.15) is 24.2 Å². The van der Waals surface area contributed by atoms with Gasteiger partial charge in [0, 0.05) is 29.6 Å². The van der Waals surface area contributed by atoms with E-state index in [0.29, 0.717) is 32.4 Å². The van der Waals surface area contributed by atoms with E-state index in [1.54, 1.807) is 18.3 Å². The van der Waals surface area contributed by atoms with Crippen LogP contribution in [0, 0.1) is 6.92 Å². The highest BCUT2D eigenvalue weighted by atomic mass is 35.5. The van der Waals surface area contributed by atoms with Gasteiger partial charge in [-0.05, 0) is 79.3 Å². The van der Waals surface area contributed by atoms with Gasteiger partial charge in [-0.1, -0.05) is 35.3 Å². The van der Waals surface area contributed by atoms with Gasteiger partial charge in [-0.2, -0.15) is 0 Å². The second kappa shape index (κ2) is 11.1. The van der Waals surface area contributed by atoms with Crippen LogP contribution >= 0.6 is 35.4 Å². The third-order valence-electron chi connectivity index (χ3n) is 6.26. The standard InChI is InChI=1S/C28H24Cl2N4O3S/c1-16-6-7-17(29)13-19(16)23-10-11-24(37-23)27-26(22-5-3-4-12-31-22)33-28(38)34(27)18-8-9-21(20(30)14-18)32-25(35)15-36-2/h3-14,26-27H,15H2,1-2H3,(H,32,35)(H,33,38)/t26-,27+/m1/s1. The molecule has 0 radical (unpaired) electrons. The zero-order valence-electron chi connectivity index (χ0n) is 20.6. The number of pyridine rings is 1. The van der Waals surface area contributed by atoms with Crippen LogP contribution in [0.4, 0.5) is 11.4 Å². The molecule has 1 saturated heterocycles. The molecule has 7 nitrogen and oxygen atoms in total. The van der Waals surface area contributed by atoms with Crippen LogP contribution in [-0.4, -0.2) is 29.7 Å². The first-order valence-electron chi connectivity index (χ1n) is 11.8. The zero-order valence-corrected chi connectivity index (χ0v) is 22.9. The Morgan fingerprint density at radius 1 is 1.16 bits per heavy atom. The van der Waals surface area contributed by atoms with Gasteiger partial charge in [0.05, 0.1) is 22.4 Å². The smallest absolute Gasteiger partial charge is 0.250 e. The molecule has 2 atom stereocenters. The van der Waals surface area contributed by atoms with Crippen LogP contribution < -0.4 is 15.5 Å². The van der Waals surface area contributed by atoms with Crippen molar-refractivity contribution in [2.24, 2.45) is 0 Å².